The predicted octanol–water partition coefficient (Wildman–Crippen LogP) is 2.79. The summed E-state index contributed by atoms with van der Waals surface area (Å²) >= 11 is 0. The van der Waals surface area contributed by atoms with Crippen molar-refractivity contribution in [2.24, 2.45) is 5.73 Å². The van der Waals surface area contributed by atoms with Gasteiger partial charge in [0.15, 0.2) is 11.5 Å². The van der Waals surface area contributed by atoms with E-state index in [-0.39, 0.29) is 23.9 Å². The summed E-state index contributed by atoms with van der Waals surface area (Å²) in [6.45, 7) is 2.06. The van der Waals surface area contributed by atoms with Crippen LogP contribution in [-0.2, 0) is 21.6 Å². The van der Waals surface area contributed by atoms with E-state index in [1.54, 1.807) is 14.2 Å². The number of rotatable bonds is 3. The zero-order valence-electron chi connectivity index (χ0n) is 16.8. The summed E-state index contributed by atoms with van der Waals surface area (Å²) in [6, 6.07) is 4.13. The first-order valence-corrected chi connectivity index (χ1v) is 9.99. The maximum absolute atomic E-state index is 12.9. The molecule has 1 aromatic rings. The number of carbonyl (C=O) groups excluding carboxylic acids is 1. The lowest BCUT2D eigenvalue weighted by Crippen LogP contribution is -2.57. The van der Waals surface area contributed by atoms with Crippen LogP contribution < -0.4 is 15.2 Å². The molecule has 4 rings (SSSR count). The van der Waals surface area contributed by atoms with Crippen molar-refractivity contribution in [3.63, 3.8) is 0 Å². The van der Waals surface area contributed by atoms with Gasteiger partial charge in [0, 0.05) is 13.1 Å². The molecular formula is C21H31ClN2O4. The topological polar surface area (TPSA) is 74.0 Å². The summed E-state index contributed by atoms with van der Waals surface area (Å²) in [5.41, 5.74) is 7.84. The van der Waals surface area contributed by atoms with Crippen molar-refractivity contribution in [2.75, 3.05) is 33.9 Å². The standard InChI is InChI=1S/C21H30N2O4.ClH/c1-25-17-13-15-5-12-27-21(16(15)14-18(17)26-2)8-10-23(11-9-21)19(24)20(22)6-3-4-7-20;/h13-14H,3-12,22H2,1-2H3;1H. The number of ether oxygens (including phenoxy) is 3. The Balaban J connectivity index is 0.00000225. The van der Waals surface area contributed by atoms with Crippen LogP contribution in [0, 0.1) is 0 Å². The minimum Gasteiger partial charge on any atom is -0.493 e. The van der Waals surface area contributed by atoms with E-state index in [2.05, 4.69) is 12.1 Å². The van der Waals surface area contributed by atoms with Crippen LogP contribution in [0.1, 0.15) is 49.7 Å². The fourth-order valence-electron chi connectivity index (χ4n) is 5.01. The van der Waals surface area contributed by atoms with Gasteiger partial charge in [-0.05, 0) is 55.4 Å². The van der Waals surface area contributed by atoms with E-state index >= 15 is 0 Å². The highest BCUT2D eigenvalue weighted by Gasteiger charge is 2.46. The molecule has 2 N–H and O–H groups in total. The Bertz CT molecular complexity index is 725. The molecule has 2 aliphatic heterocycles. The van der Waals surface area contributed by atoms with Gasteiger partial charge >= 0.3 is 0 Å². The number of hydrogen-bond acceptors (Lipinski definition) is 5. The number of halogens is 1. The van der Waals surface area contributed by atoms with Crippen molar-refractivity contribution in [3.05, 3.63) is 23.3 Å². The number of piperidine rings is 1. The van der Waals surface area contributed by atoms with Gasteiger partial charge in [0.1, 0.15) is 0 Å². The number of benzene rings is 1. The van der Waals surface area contributed by atoms with Gasteiger partial charge in [0.2, 0.25) is 5.91 Å². The van der Waals surface area contributed by atoms with E-state index in [9.17, 15) is 4.79 Å². The first kappa shape index (κ1) is 21.2. The van der Waals surface area contributed by atoms with Crippen molar-refractivity contribution in [1.29, 1.82) is 0 Å². The Morgan fingerprint density at radius 1 is 1.07 bits per heavy atom. The first-order chi connectivity index (χ1) is 13.0. The first-order valence-electron chi connectivity index (χ1n) is 9.99. The van der Waals surface area contributed by atoms with Gasteiger partial charge < -0.3 is 24.8 Å². The Morgan fingerprint density at radius 2 is 1.68 bits per heavy atom. The van der Waals surface area contributed by atoms with Gasteiger partial charge in [-0.2, -0.15) is 0 Å². The maximum atomic E-state index is 12.9. The summed E-state index contributed by atoms with van der Waals surface area (Å²) in [7, 11) is 3.32. The summed E-state index contributed by atoms with van der Waals surface area (Å²) in [6.07, 6.45) is 6.17. The van der Waals surface area contributed by atoms with E-state index in [0.717, 1.165) is 56.4 Å². The zero-order chi connectivity index (χ0) is 19.1. The highest BCUT2D eigenvalue weighted by Crippen LogP contribution is 2.45. The van der Waals surface area contributed by atoms with Crippen LogP contribution in [0.4, 0.5) is 0 Å². The van der Waals surface area contributed by atoms with Crippen molar-refractivity contribution in [2.45, 2.75) is 56.1 Å². The molecule has 156 valence electrons. The van der Waals surface area contributed by atoms with Crippen molar-refractivity contribution < 1.29 is 19.0 Å². The molecule has 2 fully saturated rings. The van der Waals surface area contributed by atoms with Gasteiger partial charge in [0.05, 0.1) is 32.0 Å². The molecule has 0 atom stereocenters. The second-order valence-corrected chi connectivity index (χ2v) is 8.11. The number of amides is 1. The third-order valence-electron chi connectivity index (χ3n) is 6.63. The van der Waals surface area contributed by atoms with Gasteiger partial charge in [-0.1, -0.05) is 12.8 Å². The maximum Gasteiger partial charge on any atom is 0.242 e. The summed E-state index contributed by atoms with van der Waals surface area (Å²) in [4.78, 5) is 14.9. The molecule has 1 aromatic carbocycles. The van der Waals surface area contributed by atoms with Crippen molar-refractivity contribution in [3.8, 4) is 11.5 Å². The number of carbonyl (C=O) groups is 1. The minimum absolute atomic E-state index is 0. The van der Waals surface area contributed by atoms with Crippen LogP contribution in [0.2, 0.25) is 0 Å². The molecule has 2 heterocycles. The fourth-order valence-corrected chi connectivity index (χ4v) is 5.01. The van der Waals surface area contributed by atoms with Gasteiger partial charge in [-0.25, -0.2) is 0 Å². The molecule has 0 unspecified atom stereocenters. The molecule has 28 heavy (non-hydrogen) atoms. The summed E-state index contributed by atoms with van der Waals surface area (Å²) in [5, 5.41) is 0. The Labute approximate surface area is 173 Å². The second-order valence-electron chi connectivity index (χ2n) is 8.11. The summed E-state index contributed by atoms with van der Waals surface area (Å²) in [5.74, 6) is 1.61. The van der Waals surface area contributed by atoms with Crippen LogP contribution >= 0.6 is 12.4 Å². The van der Waals surface area contributed by atoms with Crippen LogP contribution in [-0.4, -0.2) is 50.3 Å². The van der Waals surface area contributed by atoms with Crippen molar-refractivity contribution >= 4 is 18.3 Å². The molecule has 1 spiro atoms. The van der Waals surface area contributed by atoms with Gasteiger partial charge in [-0.15, -0.1) is 12.4 Å². The van der Waals surface area contributed by atoms with Crippen LogP contribution in [0.3, 0.4) is 0 Å². The minimum atomic E-state index is -0.646. The Morgan fingerprint density at radius 3 is 2.29 bits per heavy atom. The molecule has 0 radical (unpaired) electrons. The molecule has 0 bridgehead atoms. The molecular weight excluding hydrogens is 380 g/mol. The highest BCUT2D eigenvalue weighted by atomic mass is 35.5. The molecule has 7 heteroatoms. The SMILES string of the molecule is COc1cc2c(cc1OC)C1(CCN(C(=O)C3(N)CCCC3)CC1)OCC2.Cl. The number of nitrogens with two attached hydrogens (primary N) is 1. The quantitative estimate of drug-likeness (QED) is 0.829. The number of likely N-dealkylation sites (tertiary alicyclic amines) is 1. The van der Waals surface area contributed by atoms with E-state index in [1.165, 1.54) is 11.1 Å². The lowest BCUT2D eigenvalue weighted by atomic mass is 9.78. The number of fused-ring (bicyclic) bond motifs is 2. The third-order valence-corrected chi connectivity index (χ3v) is 6.63. The van der Waals surface area contributed by atoms with E-state index in [0.29, 0.717) is 19.7 Å². The van der Waals surface area contributed by atoms with Crippen molar-refractivity contribution in [1.82, 2.24) is 4.90 Å². The molecule has 3 aliphatic rings. The lowest BCUT2D eigenvalue weighted by Gasteiger charge is -2.46. The van der Waals surface area contributed by atoms with Crippen LogP contribution in [0.25, 0.3) is 0 Å². The molecule has 1 aliphatic carbocycles. The van der Waals surface area contributed by atoms with Crippen LogP contribution in [0.5, 0.6) is 11.5 Å². The molecule has 1 saturated carbocycles. The fraction of sp³-hybridized carbons (Fsp3) is 0.667. The molecule has 1 saturated heterocycles. The third kappa shape index (κ3) is 3.46. The number of hydrogen-bond donors (Lipinski definition) is 1. The second kappa shape index (κ2) is 8.09. The monoisotopic (exact) mass is 410 g/mol. The Hall–Kier alpha value is -1.50. The van der Waals surface area contributed by atoms with Gasteiger partial charge in [0.25, 0.3) is 0 Å². The number of methoxy groups -OCH3 is 2. The van der Waals surface area contributed by atoms with E-state index < -0.39 is 5.54 Å². The number of nitrogens with zero attached hydrogens (tertiary/aromatic N) is 1. The molecule has 0 aromatic heterocycles. The Kier molecular flexibility index (Phi) is 6.13. The van der Waals surface area contributed by atoms with E-state index in [1.807, 2.05) is 4.90 Å². The largest absolute Gasteiger partial charge is 0.493 e. The highest BCUT2D eigenvalue weighted by molar-refractivity contribution is 5.86. The molecule has 6 nitrogen and oxygen atoms in total. The lowest BCUT2D eigenvalue weighted by molar-refractivity contribution is -0.146. The molecule has 1 amide bonds. The average molecular weight is 411 g/mol. The average Bonchev–Trinajstić information content (AvgIpc) is 3.15. The summed E-state index contributed by atoms with van der Waals surface area (Å²) < 4.78 is 17.3. The zero-order valence-corrected chi connectivity index (χ0v) is 17.6. The van der Waals surface area contributed by atoms with E-state index in [4.69, 9.17) is 19.9 Å². The smallest absolute Gasteiger partial charge is 0.242 e. The van der Waals surface area contributed by atoms with Gasteiger partial charge in [-0.3, -0.25) is 4.79 Å². The predicted molar refractivity (Wildman–Crippen MR) is 109 cm³/mol. The normalized spacial score (nSPS) is 22.3. The van der Waals surface area contributed by atoms with Crippen LogP contribution in [0.15, 0.2) is 12.1 Å².